The van der Waals surface area contributed by atoms with Gasteiger partial charge in [-0.1, -0.05) is 0 Å². The van der Waals surface area contributed by atoms with E-state index < -0.39 is 0 Å². The van der Waals surface area contributed by atoms with Crippen molar-refractivity contribution >= 4 is 95.6 Å². The molecule has 9 heavy (non-hydrogen) atoms. The molecule has 0 nitrogen and oxygen atoms in total. The number of rotatable bonds is 0. The van der Waals surface area contributed by atoms with E-state index in [4.69, 9.17) is 0 Å². The van der Waals surface area contributed by atoms with Crippen molar-refractivity contribution in [2.75, 3.05) is 0 Å². The quantitative estimate of drug-likeness (QED) is 0.220. The van der Waals surface area contributed by atoms with E-state index in [0.717, 1.165) is 0 Å². The molecule has 0 aromatic rings. The van der Waals surface area contributed by atoms with Crippen LogP contribution in [0.2, 0.25) is 0 Å². The van der Waals surface area contributed by atoms with E-state index >= 15 is 0 Å². The third kappa shape index (κ3) is 46.6. The van der Waals surface area contributed by atoms with Gasteiger partial charge < -0.3 is 0 Å². The predicted octanol–water partition coefficient (Wildman–Crippen LogP) is -3.66. The Balaban J connectivity index is 0. The Hall–Kier alpha value is 9.49. The molecule has 0 aromatic carbocycles. The van der Waals surface area contributed by atoms with Gasteiger partial charge in [0.2, 0.25) is 0 Å². The van der Waals surface area contributed by atoms with Crippen LogP contribution in [0.1, 0.15) is 0 Å². The zero-order valence-electron chi connectivity index (χ0n) is 4.34. The summed E-state index contributed by atoms with van der Waals surface area (Å²) >= 11 is 0. The third-order valence-corrected chi connectivity index (χ3v) is 0. The predicted molar refractivity (Wildman–Crippen MR) is 34.2 cm³/mol. The third-order valence-electron chi connectivity index (χ3n) is 0. The molecular formula is H8Ho5Sn4. The van der Waals surface area contributed by atoms with Crippen molar-refractivity contribution in [3.05, 3.63) is 0 Å². The Bertz CT molecular complexity index is 8.92. The number of hydrogen-bond acceptors (Lipinski definition) is 0. The summed E-state index contributed by atoms with van der Waals surface area (Å²) in [4.78, 5) is 0. The van der Waals surface area contributed by atoms with E-state index in [-0.39, 0.29) is 284 Å². The maximum absolute atomic E-state index is 0. The van der Waals surface area contributed by atoms with Crippen LogP contribution < -0.4 is 0 Å². The molecule has 0 rings (SSSR count). The Morgan fingerprint density at radius 2 is 0.222 bits per heavy atom. The molecule has 0 aliphatic carbocycles. The van der Waals surface area contributed by atoms with Gasteiger partial charge in [-0.15, -0.1) is 0 Å². The zero-order valence-corrected chi connectivity index (χ0v) is 30.2. The number of hydrogen-bond donors (Lipinski definition) is 0. The molecule has 79 valence electrons. The van der Waals surface area contributed by atoms with Crippen LogP contribution in [0.15, 0.2) is 0 Å². The van der Waals surface area contributed by atoms with Crippen LogP contribution in [0.3, 0.4) is 0 Å². The normalized spacial score (nSPS) is 0. The molecule has 0 aromatic heterocycles. The van der Waals surface area contributed by atoms with Crippen LogP contribution in [-0.2, 0) is 0 Å². The standard InChI is InChI=1S/5Ho.4Sn.8H. The summed E-state index contributed by atoms with van der Waals surface area (Å²) in [5.41, 5.74) is 0. The van der Waals surface area contributed by atoms with Crippen LogP contribution in [-0.4, -0.2) is 95.6 Å². The van der Waals surface area contributed by atoms with E-state index in [9.17, 15) is 0 Å². The van der Waals surface area contributed by atoms with Crippen molar-refractivity contribution in [2.45, 2.75) is 0 Å². The van der Waals surface area contributed by atoms with Crippen LogP contribution in [0.5, 0.6) is 0 Å². The van der Waals surface area contributed by atoms with E-state index in [0.29, 0.717) is 0 Å². The van der Waals surface area contributed by atoms with Gasteiger partial charge in [-0.2, -0.15) is 0 Å². The van der Waals surface area contributed by atoms with Crippen LogP contribution in [0.25, 0.3) is 0 Å². The molecule has 0 bridgehead atoms. The average molecular weight is 1310 g/mol. The van der Waals surface area contributed by atoms with E-state index in [1.807, 2.05) is 0 Å². The summed E-state index contributed by atoms with van der Waals surface area (Å²) in [6.45, 7) is 0. The van der Waals surface area contributed by atoms with Gasteiger partial charge in [0.25, 0.3) is 0 Å². The van der Waals surface area contributed by atoms with Gasteiger partial charge in [0.15, 0.2) is 0 Å². The molecule has 0 aliphatic heterocycles. The molecule has 9 heteroatoms. The van der Waals surface area contributed by atoms with Gasteiger partial charge in [-0.05, 0) is 0 Å². The Labute approximate surface area is 274 Å². The van der Waals surface area contributed by atoms with Crippen molar-refractivity contribution in [1.29, 1.82) is 0 Å². The minimum atomic E-state index is 0. The molecule has 13 radical (unpaired) electrons. The molecule has 0 heterocycles. The molecule has 0 N–H and O–H groups in total. The Kier molecular flexibility index (Phi) is 368. The van der Waals surface area contributed by atoms with Gasteiger partial charge in [-0.25, -0.2) is 0 Å². The van der Waals surface area contributed by atoms with Crippen molar-refractivity contribution in [3.8, 4) is 0 Å². The first-order chi connectivity index (χ1) is 0. The molecule has 0 saturated heterocycles. The monoisotopic (exact) mass is 1310 g/mol. The van der Waals surface area contributed by atoms with Crippen molar-refractivity contribution < 1.29 is 189 Å². The van der Waals surface area contributed by atoms with Gasteiger partial charge >= 0.3 is 95.6 Å². The molecule has 0 spiro atoms. The summed E-state index contributed by atoms with van der Waals surface area (Å²) in [6.07, 6.45) is 0. The molecular weight excluding hydrogens is 1300 g/mol. The van der Waals surface area contributed by atoms with Gasteiger partial charge in [0.1, 0.15) is 0 Å². The first-order valence-electron chi connectivity index (χ1n) is 0. The first-order valence-corrected chi connectivity index (χ1v) is 0. The van der Waals surface area contributed by atoms with Crippen LogP contribution in [0.4, 0.5) is 0 Å². The summed E-state index contributed by atoms with van der Waals surface area (Å²) < 4.78 is 0. The van der Waals surface area contributed by atoms with Gasteiger partial charge in [0.05, 0.1) is 0 Å². The van der Waals surface area contributed by atoms with Gasteiger partial charge in [-0.3, -0.25) is 0 Å². The first kappa shape index (κ1) is 62.8. The minimum absolute atomic E-state index is 0. The average Bonchev–Trinajstić information content (AvgIpc) is 0. The molecule has 0 atom stereocenters. The summed E-state index contributed by atoms with van der Waals surface area (Å²) in [7, 11) is 0. The van der Waals surface area contributed by atoms with E-state index in [2.05, 4.69) is 0 Å². The topological polar surface area (TPSA) is 0 Å². The zero-order chi connectivity index (χ0) is 0. The van der Waals surface area contributed by atoms with Crippen LogP contribution >= 0.6 is 0 Å². The van der Waals surface area contributed by atoms with Crippen LogP contribution in [0, 0.1) is 189 Å². The van der Waals surface area contributed by atoms with E-state index in [1.165, 1.54) is 0 Å². The maximum atomic E-state index is 0. The fourth-order valence-electron chi connectivity index (χ4n) is 0. The second kappa shape index (κ2) is 52.8. The fourth-order valence-corrected chi connectivity index (χ4v) is 0. The van der Waals surface area contributed by atoms with Crippen molar-refractivity contribution in [1.82, 2.24) is 0 Å². The summed E-state index contributed by atoms with van der Waals surface area (Å²) in [6, 6.07) is 0. The van der Waals surface area contributed by atoms with E-state index in [1.54, 1.807) is 0 Å². The molecule has 0 fully saturated rings. The fraction of sp³-hybridized carbons (Fsp3) is 0. The molecule has 0 unspecified atom stereocenters. The molecule has 0 aliphatic rings. The second-order valence-corrected chi connectivity index (χ2v) is 0. The summed E-state index contributed by atoms with van der Waals surface area (Å²) in [5.74, 6) is 0. The molecule has 0 saturated carbocycles. The SMILES string of the molecule is [Ho].[Ho].[Ho].[Ho].[Ho].[SnH2].[SnH2].[SnH2].[SnH2]. The summed E-state index contributed by atoms with van der Waals surface area (Å²) in [5, 5.41) is 0. The Morgan fingerprint density at radius 1 is 0.222 bits per heavy atom. The second-order valence-electron chi connectivity index (χ2n) is 0. The van der Waals surface area contributed by atoms with Crippen molar-refractivity contribution in [3.63, 3.8) is 0 Å². The Morgan fingerprint density at radius 3 is 0.222 bits per heavy atom. The van der Waals surface area contributed by atoms with Crippen molar-refractivity contribution in [2.24, 2.45) is 0 Å². The van der Waals surface area contributed by atoms with Gasteiger partial charge in [0, 0.05) is 189 Å². The molecule has 0 amide bonds.